The second kappa shape index (κ2) is 11.6. The van der Waals surface area contributed by atoms with Crippen LogP contribution in [-0.2, 0) is 9.59 Å². The van der Waals surface area contributed by atoms with Gasteiger partial charge in [0, 0.05) is 17.3 Å². The SMILES string of the molecule is O=C(O)CNC(=O)NC(CCCCNC(=O)Nc1ccc(Cl)cc1)C(=O)O. The molecule has 10 nitrogen and oxygen atoms in total. The maximum absolute atomic E-state index is 11.7. The van der Waals surface area contributed by atoms with Gasteiger partial charge in [-0.1, -0.05) is 11.6 Å². The molecule has 0 heterocycles. The number of urea groups is 2. The Morgan fingerprint density at radius 2 is 1.63 bits per heavy atom. The van der Waals surface area contributed by atoms with Crippen LogP contribution >= 0.6 is 11.6 Å². The summed E-state index contributed by atoms with van der Waals surface area (Å²) >= 11 is 5.75. The molecule has 0 aromatic heterocycles. The van der Waals surface area contributed by atoms with Crippen molar-refractivity contribution in [2.45, 2.75) is 25.3 Å². The normalized spacial score (nSPS) is 11.1. The summed E-state index contributed by atoms with van der Waals surface area (Å²) in [6.45, 7) is -0.290. The maximum Gasteiger partial charge on any atom is 0.326 e. The maximum atomic E-state index is 11.7. The second-order valence-electron chi connectivity index (χ2n) is 5.50. The van der Waals surface area contributed by atoms with Crippen molar-refractivity contribution in [3.05, 3.63) is 29.3 Å². The third-order valence-corrected chi connectivity index (χ3v) is 3.56. The van der Waals surface area contributed by atoms with E-state index in [1.807, 2.05) is 5.32 Å². The first kappa shape index (κ1) is 22.0. The molecule has 0 saturated carbocycles. The minimum absolute atomic E-state index is 0.135. The minimum atomic E-state index is -1.24. The molecule has 1 unspecified atom stereocenters. The molecule has 0 spiro atoms. The zero-order valence-corrected chi connectivity index (χ0v) is 15.1. The Kier molecular flexibility index (Phi) is 9.45. The fourth-order valence-electron chi connectivity index (χ4n) is 2.01. The molecule has 0 radical (unpaired) electrons. The molecule has 27 heavy (non-hydrogen) atoms. The van der Waals surface area contributed by atoms with Gasteiger partial charge in [-0.05, 0) is 43.5 Å². The Morgan fingerprint density at radius 1 is 0.963 bits per heavy atom. The van der Waals surface area contributed by atoms with Crippen molar-refractivity contribution in [1.29, 1.82) is 0 Å². The number of aliphatic carboxylic acids is 2. The fraction of sp³-hybridized carbons (Fsp3) is 0.375. The number of hydrogen-bond donors (Lipinski definition) is 6. The number of unbranched alkanes of at least 4 members (excludes halogenated alkanes) is 1. The van der Waals surface area contributed by atoms with Gasteiger partial charge in [-0.3, -0.25) is 4.79 Å². The number of nitrogens with one attached hydrogen (secondary N) is 4. The first-order chi connectivity index (χ1) is 12.8. The molecule has 11 heteroatoms. The van der Waals surface area contributed by atoms with Crippen LogP contribution < -0.4 is 21.3 Å². The monoisotopic (exact) mass is 400 g/mol. The second-order valence-corrected chi connectivity index (χ2v) is 5.93. The molecule has 0 aliphatic rings. The van der Waals surface area contributed by atoms with Crippen molar-refractivity contribution in [1.82, 2.24) is 16.0 Å². The van der Waals surface area contributed by atoms with Crippen LogP contribution in [0.15, 0.2) is 24.3 Å². The molecule has 1 rings (SSSR count). The molecule has 1 aromatic rings. The van der Waals surface area contributed by atoms with Gasteiger partial charge in [0.15, 0.2) is 0 Å². The highest BCUT2D eigenvalue weighted by Gasteiger charge is 2.19. The van der Waals surface area contributed by atoms with Crippen LogP contribution in [-0.4, -0.2) is 53.3 Å². The summed E-state index contributed by atoms with van der Waals surface area (Å²) in [4.78, 5) is 44.6. The first-order valence-electron chi connectivity index (χ1n) is 8.07. The Hall–Kier alpha value is -3.01. The third kappa shape index (κ3) is 9.90. The first-order valence-corrected chi connectivity index (χ1v) is 8.45. The van der Waals surface area contributed by atoms with Gasteiger partial charge >= 0.3 is 24.0 Å². The number of benzene rings is 1. The summed E-state index contributed by atoms with van der Waals surface area (Å²) in [5.41, 5.74) is 0.583. The third-order valence-electron chi connectivity index (χ3n) is 3.31. The van der Waals surface area contributed by atoms with Crippen molar-refractivity contribution in [2.75, 3.05) is 18.4 Å². The van der Waals surface area contributed by atoms with E-state index in [1.54, 1.807) is 24.3 Å². The standard InChI is InChI=1S/C16H21ClN4O6/c17-10-4-6-11(7-5-10)20-15(26)18-8-2-1-3-12(14(24)25)21-16(27)19-9-13(22)23/h4-7,12H,1-3,8-9H2,(H,22,23)(H,24,25)(H2,18,20,26)(H2,19,21,27). The summed E-state index contributed by atoms with van der Waals surface area (Å²) in [7, 11) is 0. The molecular weight excluding hydrogens is 380 g/mol. The number of carboxylic acid groups (broad SMARTS) is 2. The lowest BCUT2D eigenvalue weighted by Gasteiger charge is -2.14. The molecule has 0 bridgehead atoms. The number of anilines is 1. The van der Waals surface area contributed by atoms with E-state index < -0.39 is 36.6 Å². The highest BCUT2D eigenvalue weighted by atomic mass is 35.5. The summed E-state index contributed by atoms with van der Waals surface area (Å²) in [5.74, 6) is -2.46. The van der Waals surface area contributed by atoms with Gasteiger partial charge in [-0.15, -0.1) is 0 Å². The number of carboxylic acids is 2. The van der Waals surface area contributed by atoms with Gasteiger partial charge in [-0.2, -0.15) is 0 Å². The fourth-order valence-corrected chi connectivity index (χ4v) is 2.13. The average molecular weight is 401 g/mol. The van der Waals surface area contributed by atoms with E-state index in [9.17, 15) is 19.2 Å². The van der Waals surface area contributed by atoms with Crippen LogP contribution in [0.3, 0.4) is 0 Å². The predicted octanol–water partition coefficient (Wildman–Crippen LogP) is 1.47. The van der Waals surface area contributed by atoms with E-state index in [-0.39, 0.29) is 6.42 Å². The van der Waals surface area contributed by atoms with E-state index in [4.69, 9.17) is 21.8 Å². The molecule has 6 N–H and O–H groups in total. The van der Waals surface area contributed by atoms with E-state index >= 15 is 0 Å². The zero-order chi connectivity index (χ0) is 20.2. The lowest BCUT2D eigenvalue weighted by atomic mass is 10.1. The van der Waals surface area contributed by atoms with Gasteiger partial charge in [0.1, 0.15) is 12.6 Å². The van der Waals surface area contributed by atoms with Crippen LogP contribution in [0.2, 0.25) is 5.02 Å². The van der Waals surface area contributed by atoms with Crippen molar-refractivity contribution in [2.24, 2.45) is 0 Å². The van der Waals surface area contributed by atoms with Crippen molar-refractivity contribution >= 4 is 41.3 Å². The summed E-state index contributed by atoms with van der Waals surface area (Å²) in [5, 5.41) is 27.5. The van der Waals surface area contributed by atoms with Crippen LogP contribution in [0.25, 0.3) is 0 Å². The Balaban J connectivity index is 2.24. The Morgan fingerprint density at radius 3 is 2.22 bits per heavy atom. The number of rotatable bonds is 10. The smallest absolute Gasteiger partial charge is 0.326 e. The summed E-state index contributed by atoms with van der Waals surface area (Å²) in [6, 6.07) is 4.16. The molecule has 0 aliphatic heterocycles. The van der Waals surface area contributed by atoms with Crippen molar-refractivity contribution < 1.29 is 29.4 Å². The highest BCUT2D eigenvalue weighted by molar-refractivity contribution is 6.30. The molecule has 1 aromatic carbocycles. The molecule has 148 valence electrons. The summed E-state index contributed by atoms with van der Waals surface area (Å²) in [6.07, 6.45) is 1.06. The van der Waals surface area contributed by atoms with Gasteiger partial charge in [-0.25, -0.2) is 14.4 Å². The topological polar surface area (TPSA) is 157 Å². The van der Waals surface area contributed by atoms with Gasteiger partial charge < -0.3 is 31.5 Å². The molecule has 0 aliphatic carbocycles. The molecule has 4 amide bonds. The van der Waals surface area contributed by atoms with E-state index in [1.165, 1.54) is 0 Å². The van der Waals surface area contributed by atoms with Crippen LogP contribution in [0.4, 0.5) is 15.3 Å². The summed E-state index contributed by atoms with van der Waals surface area (Å²) < 4.78 is 0. The van der Waals surface area contributed by atoms with E-state index in [2.05, 4.69) is 16.0 Å². The Bertz CT molecular complexity index is 667. The zero-order valence-electron chi connectivity index (χ0n) is 14.3. The quantitative estimate of drug-likeness (QED) is 0.326. The van der Waals surface area contributed by atoms with Crippen LogP contribution in [0.5, 0.6) is 0 Å². The average Bonchev–Trinajstić information content (AvgIpc) is 2.60. The van der Waals surface area contributed by atoms with E-state index in [0.717, 1.165) is 0 Å². The van der Waals surface area contributed by atoms with Crippen LogP contribution in [0.1, 0.15) is 19.3 Å². The number of amides is 4. The number of hydrogen-bond acceptors (Lipinski definition) is 4. The van der Waals surface area contributed by atoms with Crippen molar-refractivity contribution in [3.63, 3.8) is 0 Å². The lowest BCUT2D eigenvalue weighted by molar-refractivity contribution is -0.139. The molecule has 0 fully saturated rings. The molecular formula is C16H21ClN4O6. The number of carbonyl (C=O) groups excluding carboxylic acids is 2. The molecule has 1 atom stereocenters. The van der Waals surface area contributed by atoms with Gasteiger partial charge in [0.2, 0.25) is 0 Å². The largest absolute Gasteiger partial charge is 0.480 e. The number of halogens is 1. The number of carbonyl (C=O) groups is 4. The van der Waals surface area contributed by atoms with Gasteiger partial charge in [0.05, 0.1) is 0 Å². The lowest BCUT2D eigenvalue weighted by Crippen LogP contribution is -2.47. The highest BCUT2D eigenvalue weighted by Crippen LogP contribution is 2.13. The van der Waals surface area contributed by atoms with E-state index in [0.29, 0.717) is 30.1 Å². The molecule has 0 saturated heterocycles. The Labute approximate surface area is 160 Å². The van der Waals surface area contributed by atoms with Crippen molar-refractivity contribution in [3.8, 4) is 0 Å². The van der Waals surface area contributed by atoms with Gasteiger partial charge in [0.25, 0.3) is 0 Å². The van der Waals surface area contributed by atoms with Crippen LogP contribution in [0, 0.1) is 0 Å². The predicted molar refractivity (Wildman–Crippen MR) is 97.9 cm³/mol. The minimum Gasteiger partial charge on any atom is -0.480 e.